The van der Waals surface area contributed by atoms with E-state index in [0.29, 0.717) is 11.7 Å². The van der Waals surface area contributed by atoms with Gasteiger partial charge in [0.05, 0.1) is 0 Å². The van der Waals surface area contributed by atoms with Crippen LogP contribution in [0.2, 0.25) is 0 Å². The molecule has 0 saturated carbocycles. The first-order valence-corrected chi connectivity index (χ1v) is 7.21. The third-order valence-corrected chi connectivity index (χ3v) is 4.36. The Morgan fingerprint density at radius 2 is 2.10 bits per heavy atom. The number of carbonyl (C=O) groups excluding carboxylic acids is 2. The van der Waals surface area contributed by atoms with E-state index in [1.54, 1.807) is 14.1 Å². The highest BCUT2D eigenvalue weighted by molar-refractivity contribution is 8.15. The molecule has 1 aliphatic heterocycles. The van der Waals surface area contributed by atoms with E-state index in [0.717, 1.165) is 5.56 Å². The van der Waals surface area contributed by atoms with Crippen molar-refractivity contribution < 1.29 is 9.59 Å². The number of hydrogen-bond donors (Lipinski definition) is 1. The SMILES string of the molecule is CN=C1S[C@@H](CC(=O)NCc2ccccc2)C(=O)N1C. The molecular weight excluding hydrogens is 274 g/mol. The average molecular weight is 291 g/mol. The molecule has 20 heavy (non-hydrogen) atoms. The maximum atomic E-state index is 11.9. The van der Waals surface area contributed by atoms with Crippen LogP contribution in [0.5, 0.6) is 0 Å². The third-order valence-electron chi connectivity index (χ3n) is 3.04. The Hall–Kier alpha value is -1.82. The van der Waals surface area contributed by atoms with E-state index in [4.69, 9.17) is 0 Å². The largest absolute Gasteiger partial charge is 0.352 e. The van der Waals surface area contributed by atoms with Crippen molar-refractivity contribution in [2.75, 3.05) is 14.1 Å². The summed E-state index contributed by atoms with van der Waals surface area (Å²) >= 11 is 1.34. The fourth-order valence-corrected chi connectivity index (χ4v) is 3.04. The number of carbonyl (C=O) groups is 2. The Balaban J connectivity index is 1.85. The van der Waals surface area contributed by atoms with Gasteiger partial charge in [-0.2, -0.15) is 0 Å². The van der Waals surface area contributed by atoms with Crippen LogP contribution in [-0.2, 0) is 16.1 Å². The summed E-state index contributed by atoms with van der Waals surface area (Å²) in [5.74, 6) is -0.184. The van der Waals surface area contributed by atoms with E-state index >= 15 is 0 Å². The Kier molecular flexibility index (Phi) is 4.79. The van der Waals surface area contributed by atoms with E-state index in [1.165, 1.54) is 16.7 Å². The molecule has 1 aromatic rings. The molecule has 2 amide bonds. The first kappa shape index (κ1) is 14.6. The van der Waals surface area contributed by atoms with Crippen molar-refractivity contribution in [2.45, 2.75) is 18.2 Å². The zero-order valence-corrected chi connectivity index (χ0v) is 12.3. The van der Waals surface area contributed by atoms with E-state index in [1.807, 2.05) is 30.3 Å². The number of amides is 2. The summed E-state index contributed by atoms with van der Waals surface area (Å²) in [5.41, 5.74) is 1.04. The van der Waals surface area contributed by atoms with Crippen molar-refractivity contribution in [3.63, 3.8) is 0 Å². The number of amidine groups is 1. The van der Waals surface area contributed by atoms with E-state index < -0.39 is 0 Å². The predicted octanol–water partition coefficient (Wildman–Crippen LogP) is 1.25. The molecule has 0 aromatic heterocycles. The minimum Gasteiger partial charge on any atom is -0.352 e. The Morgan fingerprint density at radius 1 is 1.40 bits per heavy atom. The monoisotopic (exact) mass is 291 g/mol. The van der Waals surface area contributed by atoms with Crippen LogP contribution in [0.4, 0.5) is 0 Å². The van der Waals surface area contributed by atoms with Crippen molar-refractivity contribution in [3.05, 3.63) is 35.9 Å². The normalized spacial score (nSPS) is 20.5. The quantitative estimate of drug-likeness (QED) is 0.908. The molecule has 1 heterocycles. The summed E-state index contributed by atoms with van der Waals surface area (Å²) < 4.78 is 0. The molecule has 5 nitrogen and oxygen atoms in total. The topological polar surface area (TPSA) is 61.8 Å². The Labute approximate surface area is 122 Å². The molecule has 0 aliphatic carbocycles. The lowest BCUT2D eigenvalue weighted by Gasteiger charge is -2.09. The highest BCUT2D eigenvalue weighted by atomic mass is 32.2. The summed E-state index contributed by atoms with van der Waals surface area (Å²) in [5, 5.41) is 3.13. The van der Waals surface area contributed by atoms with Crippen LogP contribution < -0.4 is 5.32 Å². The predicted molar refractivity (Wildman–Crippen MR) is 80.4 cm³/mol. The molecule has 0 spiro atoms. The van der Waals surface area contributed by atoms with Gasteiger partial charge in [-0.1, -0.05) is 42.1 Å². The molecular formula is C14H17N3O2S. The minimum atomic E-state index is -0.366. The molecule has 0 unspecified atom stereocenters. The molecule has 1 fully saturated rings. The average Bonchev–Trinajstić information content (AvgIpc) is 2.74. The van der Waals surface area contributed by atoms with E-state index in [2.05, 4.69) is 10.3 Å². The van der Waals surface area contributed by atoms with Crippen LogP contribution in [0.3, 0.4) is 0 Å². The van der Waals surface area contributed by atoms with E-state index in [9.17, 15) is 9.59 Å². The van der Waals surface area contributed by atoms with Crippen LogP contribution in [0.25, 0.3) is 0 Å². The fraction of sp³-hybridized carbons (Fsp3) is 0.357. The summed E-state index contributed by atoms with van der Waals surface area (Å²) in [6, 6.07) is 9.69. The molecule has 106 valence electrons. The van der Waals surface area contributed by atoms with Gasteiger partial charge in [-0.25, -0.2) is 0 Å². The second-order valence-corrected chi connectivity index (χ2v) is 5.65. The van der Waals surface area contributed by atoms with Crippen LogP contribution in [0.1, 0.15) is 12.0 Å². The van der Waals surface area contributed by atoms with Crippen LogP contribution in [0.15, 0.2) is 35.3 Å². The minimum absolute atomic E-state index is 0.0644. The summed E-state index contributed by atoms with van der Waals surface area (Å²) in [4.78, 5) is 29.3. The number of nitrogens with one attached hydrogen (secondary N) is 1. The number of aliphatic imine (C=N–C) groups is 1. The van der Waals surface area contributed by atoms with Gasteiger partial charge >= 0.3 is 0 Å². The molecule has 0 bridgehead atoms. The number of rotatable bonds is 4. The zero-order chi connectivity index (χ0) is 14.5. The van der Waals surface area contributed by atoms with Crippen molar-refractivity contribution >= 4 is 28.7 Å². The standard InChI is InChI=1S/C14H17N3O2S/c1-15-14-17(2)13(19)11(20-14)8-12(18)16-9-10-6-4-3-5-7-10/h3-7,11H,8-9H2,1-2H3,(H,16,18)/t11-/m0/s1. The molecule has 0 radical (unpaired) electrons. The van der Waals surface area contributed by atoms with Crippen molar-refractivity contribution in [2.24, 2.45) is 4.99 Å². The smallest absolute Gasteiger partial charge is 0.242 e. The molecule has 1 atom stereocenters. The van der Waals surface area contributed by atoms with Crippen molar-refractivity contribution in [1.29, 1.82) is 0 Å². The summed E-state index contributed by atoms with van der Waals surface area (Å²) in [7, 11) is 3.32. The highest BCUT2D eigenvalue weighted by Gasteiger charge is 2.36. The first-order chi connectivity index (χ1) is 9.61. The first-order valence-electron chi connectivity index (χ1n) is 6.33. The maximum Gasteiger partial charge on any atom is 0.242 e. The van der Waals surface area contributed by atoms with Gasteiger partial charge in [0.1, 0.15) is 5.25 Å². The van der Waals surface area contributed by atoms with Gasteiger partial charge < -0.3 is 5.32 Å². The van der Waals surface area contributed by atoms with Gasteiger partial charge in [-0.05, 0) is 5.56 Å². The van der Waals surface area contributed by atoms with E-state index in [-0.39, 0.29) is 23.5 Å². The van der Waals surface area contributed by atoms with Gasteiger partial charge in [-0.3, -0.25) is 19.5 Å². The number of benzene rings is 1. The van der Waals surface area contributed by atoms with Crippen molar-refractivity contribution in [1.82, 2.24) is 10.2 Å². The van der Waals surface area contributed by atoms with Crippen LogP contribution in [0, 0.1) is 0 Å². The fourth-order valence-electron chi connectivity index (χ4n) is 1.94. The maximum absolute atomic E-state index is 11.9. The molecule has 1 saturated heterocycles. The zero-order valence-electron chi connectivity index (χ0n) is 11.5. The lowest BCUT2D eigenvalue weighted by molar-refractivity contribution is -0.128. The summed E-state index contributed by atoms with van der Waals surface area (Å²) in [6.07, 6.45) is 0.180. The molecule has 2 rings (SSSR count). The van der Waals surface area contributed by atoms with Crippen molar-refractivity contribution in [3.8, 4) is 0 Å². The lowest BCUT2D eigenvalue weighted by atomic mass is 10.2. The van der Waals surface area contributed by atoms with Gasteiger partial charge in [0, 0.05) is 27.1 Å². The molecule has 6 heteroatoms. The number of nitrogens with zero attached hydrogens (tertiary/aromatic N) is 2. The summed E-state index contributed by atoms with van der Waals surface area (Å²) in [6.45, 7) is 0.482. The second-order valence-electron chi connectivity index (χ2n) is 4.48. The number of hydrogen-bond acceptors (Lipinski definition) is 4. The second kappa shape index (κ2) is 6.56. The number of thioether (sulfide) groups is 1. The molecule has 1 N–H and O–H groups in total. The van der Waals surface area contributed by atoms with Gasteiger partial charge in [0.2, 0.25) is 11.8 Å². The van der Waals surface area contributed by atoms with Gasteiger partial charge in [-0.15, -0.1) is 0 Å². The van der Waals surface area contributed by atoms with Gasteiger partial charge in [0.25, 0.3) is 0 Å². The molecule has 1 aliphatic rings. The lowest BCUT2D eigenvalue weighted by Crippen LogP contribution is -2.32. The third kappa shape index (κ3) is 3.39. The highest BCUT2D eigenvalue weighted by Crippen LogP contribution is 2.27. The Bertz CT molecular complexity index is 530. The molecule has 1 aromatic carbocycles. The Morgan fingerprint density at radius 3 is 2.70 bits per heavy atom. The van der Waals surface area contributed by atoms with Crippen LogP contribution >= 0.6 is 11.8 Å². The van der Waals surface area contributed by atoms with Crippen LogP contribution in [-0.4, -0.2) is 41.2 Å². The van der Waals surface area contributed by atoms with Gasteiger partial charge in [0.15, 0.2) is 5.17 Å².